The third kappa shape index (κ3) is 5.82. The van der Waals surface area contributed by atoms with Crippen LogP contribution in [0.1, 0.15) is 36.1 Å². The number of nitrogens with one attached hydrogen (secondary N) is 2. The van der Waals surface area contributed by atoms with Crippen LogP contribution in [0.2, 0.25) is 10.0 Å². The number of thioether (sulfide) groups is 1. The van der Waals surface area contributed by atoms with E-state index < -0.39 is 0 Å². The number of nitrogens with zero attached hydrogens (tertiary/aromatic N) is 3. The van der Waals surface area contributed by atoms with Crippen molar-refractivity contribution in [2.45, 2.75) is 25.0 Å². The van der Waals surface area contributed by atoms with Crippen LogP contribution in [-0.2, 0) is 11.8 Å². The number of amides is 2. The Morgan fingerprint density at radius 3 is 2.34 bits per heavy atom. The number of aromatic nitrogens is 3. The van der Waals surface area contributed by atoms with Crippen molar-refractivity contribution in [1.29, 1.82) is 0 Å². The maximum atomic E-state index is 12.8. The molecule has 2 amide bonds. The van der Waals surface area contributed by atoms with Gasteiger partial charge in [0.1, 0.15) is 0 Å². The molecule has 1 atom stereocenters. The van der Waals surface area contributed by atoms with E-state index in [1.54, 1.807) is 60.1 Å². The second-order valence-electron chi connectivity index (χ2n) is 7.39. The summed E-state index contributed by atoms with van der Waals surface area (Å²) in [6.07, 6.45) is 0. The van der Waals surface area contributed by atoms with E-state index in [-0.39, 0.29) is 29.5 Å². The minimum Gasteiger partial charge on any atom is -0.342 e. The van der Waals surface area contributed by atoms with Gasteiger partial charge in [0.15, 0.2) is 11.0 Å². The van der Waals surface area contributed by atoms with E-state index in [4.69, 9.17) is 23.2 Å². The number of halogens is 2. The number of carbonyl (C=O) groups is 2. The number of anilines is 1. The number of carbonyl (C=O) groups excluding carboxylic acids is 2. The van der Waals surface area contributed by atoms with Crippen LogP contribution in [0.3, 0.4) is 0 Å². The Morgan fingerprint density at radius 2 is 1.69 bits per heavy atom. The third-order valence-corrected chi connectivity index (χ3v) is 6.38. The standard InChI is InChI=1S/C22H23Cl2N5O2S/c1-13(2)19(26-21(31)14-8-4-5-9-15(14)23)20-27-28-22(29(20)3)32-12-18(30)25-17-11-7-6-10-16(17)24/h4-11,13,19H,12H2,1-3H3,(H,25,30)(H,26,31)/t19-/m1/s1. The summed E-state index contributed by atoms with van der Waals surface area (Å²) in [6, 6.07) is 13.5. The topological polar surface area (TPSA) is 88.9 Å². The van der Waals surface area contributed by atoms with E-state index >= 15 is 0 Å². The van der Waals surface area contributed by atoms with Gasteiger partial charge in [0.05, 0.1) is 33.1 Å². The number of rotatable bonds is 8. The van der Waals surface area contributed by atoms with E-state index in [0.717, 1.165) is 0 Å². The number of hydrogen-bond acceptors (Lipinski definition) is 5. The first-order chi connectivity index (χ1) is 15.3. The van der Waals surface area contributed by atoms with Gasteiger partial charge in [0.25, 0.3) is 5.91 Å². The summed E-state index contributed by atoms with van der Waals surface area (Å²) in [4.78, 5) is 25.1. The van der Waals surface area contributed by atoms with Crippen LogP contribution < -0.4 is 10.6 Å². The fraction of sp³-hybridized carbons (Fsp3) is 0.273. The monoisotopic (exact) mass is 491 g/mol. The van der Waals surface area contributed by atoms with Gasteiger partial charge in [-0.25, -0.2) is 0 Å². The first-order valence-corrected chi connectivity index (χ1v) is 11.6. The predicted octanol–water partition coefficient (Wildman–Crippen LogP) is 4.98. The van der Waals surface area contributed by atoms with Gasteiger partial charge in [0, 0.05) is 7.05 Å². The molecular formula is C22H23Cl2N5O2S. The van der Waals surface area contributed by atoms with Crippen molar-refractivity contribution in [3.63, 3.8) is 0 Å². The summed E-state index contributed by atoms with van der Waals surface area (Å²) in [5, 5.41) is 15.7. The van der Waals surface area contributed by atoms with Gasteiger partial charge in [0.2, 0.25) is 5.91 Å². The summed E-state index contributed by atoms with van der Waals surface area (Å²) in [5.41, 5.74) is 0.952. The highest BCUT2D eigenvalue weighted by Gasteiger charge is 2.26. The summed E-state index contributed by atoms with van der Waals surface area (Å²) < 4.78 is 1.78. The molecule has 168 valence electrons. The highest BCUT2D eigenvalue weighted by Crippen LogP contribution is 2.26. The number of benzene rings is 2. The highest BCUT2D eigenvalue weighted by atomic mass is 35.5. The number of para-hydroxylation sites is 1. The fourth-order valence-electron chi connectivity index (χ4n) is 3.00. The van der Waals surface area contributed by atoms with Crippen LogP contribution >= 0.6 is 35.0 Å². The van der Waals surface area contributed by atoms with Gasteiger partial charge in [-0.15, -0.1) is 10.2 Å². The van der Waals surface area contributed by atoms with Crippen molar-refractivity contribution in [2.75, 3.05) is 11.1 Å². The Kier molecular flexibility index (Phi) is 8.17. The highest BCUT2D eigenvalue weighted by molar-refractivity contribution is 7.99. The maximum Gasteiger partial charge on any atom is 0.253 e. The largest absolute Gasteiger partial charge is 0.342 e. The molecule has 3 rings (SSSR count). The smallest absolute Gasteiger partial charge is 0.253 e. The summed E-state index contributed by atoms with van der Waals surface area (Å²) in [7, 11) is 1.81. The molecule has 0 saturated carbocycles. The van der Waals surface area contributed by atoms with Gasteiger partial charge in [-0.2, -0.15) is 0 Å². The zero-order valence-corrected chi connectivity index (χ0v) is 20.1. The van der Waals surface area contributed by atoms with Crippen molar-refractivity contribution >= 4 is 52.5 Å². The number of hydrogen-bond donors (Lipinski definition) is 2. The van der Waals surface area contributed by atoms with Crippen LogP contribution in [0.25, 0.3) is 0 Å². The molecule has 1 aromatic heterocycles. The zero-order valence-electron chi connectivity index (χ0n) is 17.8. The predicted molar refractivity (Wildman–Crippen MR) is 128 cm³/mol. The average Bonchev–Trinajstić information content (AvgIpc) is 3.12. The molecule has 0 spiro atoms. The SMILES string of the molecule is CC(C)[C@@H](NC(=O)c1ccccc1Cl)c1nnc(SCC(=O)Nc2ccccc2Cl)n1C. The molecule has 0 unspecified atom stereocenters. The van der Waals surface area contributed by atoms with Crippen LogP contribution in [0.5, 0.6) is 0 Å². The second-order valence-corrected chi connectivity index (χ2v) is 9.15. The van der Waals surface area contributed by atoms with Crippen LogP contribution in [0.15, 0.2) is 53.7 Å². The van der Waals surface area contributed by atoms with Gasteiger partial charge in [-0.3, -0.25) is 9.59 Å². The average molecular weight is 492 g/mol. The van der Waals surface area contributed by atoms with Gasteiger partial charge < -0.3 is 15.2 Å². The molecular weight excluding hydrogens is 469 g/mol. The zero-order chi connectivity index (χ0) is 23.3. The van der Waals surface area contributed by atoms with E-state index in [1.165, 1.54) is 11.8 Å². The van der Waals surface area contributed by atoms with Crippen molar-refractivity contribution in [3.05, 3.63) is 70.0 Å². The minimum atomic E-state index is -0.387. The molecule has 10 heteroatoms. The lowest BCUT2D eigenvalue weighted by Crippen LogP contribution is -2.33. The normalized spacial score (nSPS) is 11.9. The maximum absolute atomic E-state index is 12.8. The first kappa shape index (κ1) is 24.1. The minimum absolute atomic E-state index is 0.0470. The summed E-state index contributed by atoms with van der Waals surface area (Å²) >= 11 is 13.5. The Balaban J connectivity index is 1.68. The Morgan fingerprint density at radius 1 is 1.03 bits per heavy atom. The summed E-state index contributed by atoms with van der Waals surface area (Å²) in [6.45, 7) is 3.96. The lowest BCUT2D eigenvalue weighted by molar-refractivity contribution is -0.113. The van der Waals surface area contributed by atoms with Crippen molar-refractivity contribution in [3.8, 4) is 0 Å². The molecule has 2 N–H and O–H groups in total. The molecule has 3 aromatic rings. The second kappa shape index (κ2) is 10.8. The lowest BCUT2D eigenvalue weighted by atomic mass is 10.0. The lowest BCUT2D eigenvalue weighted by Gasteiger charge is -2.22. The molecule has 0 radical (unpaired) electrons. The first-order valence-electron chi connectivity index (χ1n) is 9.89. The van der Waals surface area contributed by atoms with Crippen LogP contribution in [0, 0.1) is 5.92 Å². The Bertz CT molecular complexity index is 1120. The molecule has 2 aromatic carbocycles. The van der Waals surface area contributed by atoms with Gasteiger partial charge in [-0.1, -0.05) is 73.1 Å². The fourth-order valence-corrected chi connectivity index (χ4v) is 4.12. The quantitative estimate of drug-likeness (QED) is 0.433. The molecule has 0 aliphatic carbocycles. The molecule has 0 aliphatic heterocycles. The third-order valence-electron chi connectivity index (χ3n) is 4.70. The Hall–Kier alpha value is -2.55. The van der Waals surface area contributed by atoms with Gasteiger partial charge >= 0.3 is 0 Å². The van der Waals surface area contributed by atoms with E-state index in [1.807, 2.05) is 13.8 Å². The van der Waals surface area contributed by atoms with Crippen LogP contribution in [-0.4, -0.2) is 32.3 Å². The molecule has 0 fully saturated rings. The van der Waals surface area contributed by atoms with Gasteiger partial charge in [-0.05, 0) is 30.2 Å². The van der Waals surface area contributed by atoms with Crippen molar-refractivity contribution < 1.29 is 9.59 Å². The molecule has 7 nitrogen and oxygen atoms in total. The molecule has 0 bridgehead atoms. The van der Waals surface area contributed by atoms with Crippen LogP contribution in [0.4, 0.5) is 5.69 Å². The van der Waals surface area contributed by atoms with E-state index in [9.17, 15) is 9.59 Å². The van der Waals surface area contributed by atoms with Crippen molar-refractivity contribution in [1.82, 2.24) is 20.1 Å². The summed E-state index contributed by atoms with van der Waals surface area (Å²) in [5.74, 6) is 0.279. The van der Waals surface area contributed by atoms with Crippen molar-refractivity contribution in [2.24, 2.45) is 13.0 Å². The molecule has 32 heavy (non-hydrogen) atoms. The molecule has 0 saturated heterocycles. The molecule has 1 heterocycles. The Labute approximate surface area is 200 Å². The molecule has 0 aliphatic rings. The van der Waals surface area contributed by atoms with E-state index in [0.29, 0.717) is 32.3 Å². The van der Waals surface area contributed by atoms with E-state index in [2.05, 4.69) is 20.8 Å².